The second-order valence-electron chi connectivity index (χ2n) is 6.29. The standard InChI is InChI=1S/C16H22N2O6S/c1-16(2)7-9-10(8-24-16)25-14(11(9)15(21)22)18-13(20)12(19)17-5-4-6-23-3/h4-8H2,1-3H3,(H,17,19)(H,18,20)(H,21,22). The van der Waals surface area contributed by atoms with Crippen LogP contribution in [0.3, 0.4) is 0 Å². The molecule has 0 atom stereocenters. The summed E-state index contributed by atoms with van der Waals surface area (Å²) >= 11 is 1.13. The second kappa shape index (κ2) is 7.94. The van der Waals surface area contributed by atoms with Gasteiger partial charge in [-0.3, -0.25) is 9.59 Å². The number of carbonyl (C=O) groups is 3. The summed E-state index contributed by atoms with van der Waals surface area (Å²) in [5.74, 6) is -2.83. The van der Waals surface area contributed by atoms with Gasteiger partial charge < -0.3 is 25.2 Å². The largest absolute Gasteiger partial charge is 0.478 e. The third-order valence-corrected chi connectivity index (χ3v) is 4.87. The average molecular weight is 370 g/mol. The van der Waals surface area contributed by atoms with Gasteiger partial charge in [0.05, 0.1) is 17.8 Å². The molecule has 1 aromatic heterocycles. The Balaban J connectivity index is 2.12. The number of amides is 2. The van der Waals surface area contributed by atoms with E-state index in [1.807, 2.05) is 13.8 Å². The number of carboxylic acid groups (broad SMARTS) is 1. The first kappa shape index (κ1) is 19.4. The van der Waals surface area contributed by atoms with Crippen molar-refractivity contribution in [1.29, 1.82) is 0 Å². The average Bonchev–Trinajstić information content (AvgIpc) is 2.87. The topological polar surface area (TPSA) is 114 Å². The van der Waals surface area contributed by atoms with Gasteiger partial charge in [-0.15, -0.1) is 11.3 Å². The van der Waals surface area contributed by atoms with Crippen LogP contribution >= 0.6 is 11.3 Å². The molecule has 0 fully saturated rings. The third kappa shape index (κ3) is 4.77. The number of rotatable bonds is 6. The highest BCUT2D eigenvalue weighted by molar-refractivity contribution is 7.17. The van der Waals surface area contributed by atoms with E-state index in [1.165, 1.54) is 0 Å². The Bertz CT molecular complexity index is 682. The van der Waals surface area contributed by atoms with E-state index in [0.29, 0.717) is 31.6 Å². The van der Waals surface area contributed by atoms with Gasteiger partial charge in [-0.05, 0) is 25.8 Å². The molecule has 9 heteroatoms. The van der Waals surface area contributed by atoms with E-state index in [-0.39, 0.29) is 17.2 Å². The first-order valence-electron chi connectivity index (χ1n) is 7.85. The van der Waals surface area contributed by atoms with Crippen LogP contribution in [-0.2, 0) is 32.1 Å². The molecule has 0 saturated heterocycles. The fourth-order valence-corrected chi connectivity index (χ4v) is 3.64. The molecule has 0 aromatic carbocycles. The maximum Gasteiger partial charge on any atom is 0.339 e. The highest BCUT2D eigenvalue weighted by Crippen LogP contribution is 2.40. The van der Waals surface area contributed by atoms with Crippen molar-refractivity contribution in [1.82, 2.24) is 5.32 Å². The van der Waals surface area contributed by atoms with E-state index in [2.05, 4.69) is 10.6 Å². The smallest absolute Gasteiger partial charge is 0.339 e. The third-order valence-electron chi connectivity index (χ3n) is 3.75. The van der Waals surface area contributed by atoms with Crippen LogP contribution in [0.4, 0.5) is 5.00 Å². The van der Waals surface area contributed by atoms with Crippen LogP contribution in [0.2, 0.25) is 0 Å². The van der Waals surface area contributed by atoms with E-state index in [0.717, 1.165) is 16.2 Å². The Kier molecular flexibility index (Phi) is 6.15. The highest BCUT2D eigenvalue weighted by Gasteiger charge is 2.34. The number of hydrogen-bond donors (Lipinski definition) is 3. The molecular weight excluding hydrogens is 348 g/mol. The number of nitrogens with one attached hydrogen (secondary N) is 2. The van der Waals surface area contributed by atoms with Crippen molar-refractivity contribution < 1.29 is 29.0 Å². The molecule has 0 saturated carbocycles. The molecule has 0 unspecified atom stereocenters. The number of methoxy groups -OCH3 is 1. The number of ether oxygens (including phenoxy) is 2. The molecule has 0 radical (unpaired) electrons. The summed E-state index contributed by atoms with van der Waals surface area (Å²) in [6, 6.07) is 0. The van der Waals surface area contributed by atoms with E-state index < -0.39 is 23.4 Å². The molecule has 138 valence electrons. The summed E-state index contributed by atoms with van der Waals surface area (Å²) < 4.78 is 10.5. The van der Waals surface area contributed by atoms with Crippen LogP contribution in [0.1, 0.15) is 41.1 Å². The van der Waals surface area contributed by atoms with Crippen molar-refractivity contribution in [2.75, 3.05) is 25.6 Å². The van der Waals surface area contributed by atoms with Crippen LogP contribution < -0.4 is 10.6 Å². The highest BCUT2D eigenvalue weighted by atomic mass is 32.1. The quantitative estimate of drug-likeness (QED) is 0.515. The minimum Gasteiger partial charge on any atom is -0.478 e. The predicted molar refractivity (Wildman–Crippen MR) is 92.0 cm³/mol. The predicted octanol–water partition coefficient (Wildman–Crippen LogP) is 1.39. The lowest BCUT2D eigenvalue weighted by Crippen LogP contribution is -2.36. The molecule has 1 aromatic rings. The number of carbonyl (C=O) groups excluding carboxylic acids is 2. The molecule has 2 rings (SSSR count). The molecule has 1 aliphatic rings. The lowest BCUT2D eigenvalue weighted by molar-refractivity contribution is -0.136. The summed E-state index contributed by atoms with van der Waals surface area (Å²) in [5.41, 5.74) is 0.222. The Morgan fingerprint density at radius 2 is 2.04 bits per heavy atom. The second-order valence-corrected chi connectivity index (χ2v) is 7.40. The Labute approximate surface area is 149 Å². The number of thiophene rings is 1. The Hall–Kier alpha value is -1.97. The number of aromatic carboxylic acids is 1. The summed E-state index contributed by atoms with van der Waals surface area (Å²) in [5, 5.41) is 14.6. The van der Waals surface area contributed by atoms with Crippen molar-refractivity contribution >= 4 is 34.1 Å². The van der Waals surface area contributed by atoms with Gasteiger partial charge in [0.25, 0.3) is 0 Å². The van der Waals surface area contributed by atoms with E-state index in [4.69, 9.17) is 9.47 Å². The number of fused-ring (bicyclic) bond motifs is 1. The van der Waals surface area contributed by atoms with E-state index in [1.54, 1.807) is 7.11 Å². The molecule has 2 amide bonds. The molecule has 0 spiro atoms. The van der Waals surface area contributed by atoms with E-state index >= 15 is 0 Å². The minimum atomic E-state index is -1.13. The summed E-state index contributed by atoms with van der Waals surface area (Å²) in [4.78, 5) is 36.2. The van der Waals surface area contributed by atoms with Gasteiger partial charge in [-0.25, -0.2) is 4.79 Å². The van der Waals surface area contributed by atoms with Crippen LogP contribution in [0.5, 0.6) is 0 Å². The Morgan fingerprint density at radius 3 is 2.68 bits per heavy atom. The van der Waals surface area contributed by atoms with Crippen molar-refractivity contribution in [2.24, 2.45) is 0 Å². The maximum atomic E-state index is 12.0. The molecule has 25 heavy (non-hydrogen) atoms. The molecule has 0 aliphatic carbocycles. The summed E-state index contributed by atoms with van der Waals surface area (Å²) in [7, 11) is 1.55. The monoisotopic (exact) mass is 370 g/mol. The van der Waals surface area contributed by atoms with Crippen molar-refractivity contribution in [3.8, 4) is 0 Å². The maximum absolute atomic E-state index is 12.0. The van der Waals surface area contributed by atoms with Crippen molar-refractivity contribution in [3.63, 3.8) is 0 Å². The van der Waals surface area contributed by atoms with Crippen LogP contribution in [0, 0.1) is 0 Å². The van der Waals surface area contributed by atoms with E-state index in [9.17, 15) is 19.5 Å². The summed E-state index contributed by atoms with van der Waals surface area (Å²) in [6.07, 6.45) is 1.01. The van der Waals surface area contributed by atoms with Gasteiger partial charge in [0.2, 0.25) is 0 Å². The normalized spacial score (nSPS) is 15.3. The zero-order valence-corrected chi connectivity index (χ0v) is 15.2. The van der Waals surface area contributed by atoms with Gasteiger partial charge >= 0.3 is 17.8 Å². The fourth-order valence-electron chi connectivity index (χ4n) is 2.53. The SMILES string of the molecule is COCCCNC(=O)C(=O)Nc1sc2c(c1C(=O)O)CC(C)(C)OC2. The first-order chi connectivity index (χ1) is 11.7. The van der Waals surface area contributed by atoms with Crippen molar-refractivity contribution in [3.05, 3.63) is 16.0 Å². The van der Waals surface area contributed by atoms with Crippen LogP contribution in [0.15, 0.2) is 0 Å². The van der Waals surface area contributed by atoms with Crippen LogP contribution in [-0.4, -0.2) is 48.8 Å². The molecule has 0 bridgehead atoms. The lowest BCUT2D eigenvalue weighted by Gasteiger charge is -2.30. The van der Waals surface area contributed by atoms with Gasteiger partial charge in [-0.2, -0.15) is 0 Å². The zero-order valence-electron chi connectivity index (χ0n) is 14.4. The molecule has 3 N–H and O–H groups in total. The van der Waals surface area contributed by atoms with Gasteiger partial charge in [0, 0.05) is 31.6 Å². The molecular formula is C16H22N2O6S. The number of carboxylic acids is 1. The van der Waals surface area contributed by atoms with Crippen LogP contribution in [0.25, 0.3) is 0 Å². The molecule has 1 aliphatic heterocycles. The summed E-state index contributed by atoms with van der Waals surface area (Å²) in [6.45, 7) is 4.82. The Morgan fingerprint density at radius 1 is 1.32 bits per heavy atom. The van der Waals surface area contributed by atoms with Gasteiger partial charge in [-0.1, -0.05) is 0 Å². The molecule has 8 nitrogen and oxygen atoms in total. The van der Waals surface area contributed by atoms with Gasteiger partial charge in [0.1, 0.15) is 5.00 Å². The van der Waals surface area contributed by atoms with Crippen molar-refractivity contribution in [2.45, 2.75) is 38.9 Å². The minimum absolute atomic E-state index is 0.0388. The van der Waals surface area contributed by atoms with Gasteiger partial charge in [0.15, 0.2) is 0 Å². The number of anilines is 1. The number of hydrogen-bond acceptors (Lipinski definition) is 6. The lowest BCUT2D eigenvalue weighted by atomic mass is 9.93. The zero-order chi connectivity index (χ0) is 18.6. The molecule has 2 heterocycles. The fraction of sp³-hybridized carbons (Fsp3) is 0.562. The first-order valence-corrected chi connectivity index (χ1v) is 8.66.